The molecule has 0 radical (unpaired) electrons. The van der Waals surface area contributed by atoms with Crippen LogP contribution in [0, 0.1) is 11.8 Å². The van der Waals surface area contributed by atoms with E-state index in [-0.39, 0.29) is 36.3 Å². The van der Waals surface area contributed by atoms with E-state index in [0.29, 0.717) is 6.61 Å². The van der Waals surface area contributed by atoms with E-state index >= 15 is 0 Å². The number of carbonyl (C=O) groups is 2. The minimum absolute atomic E-state index is 0.0399. The Morgan fingerprint density at radius 3 is 3.00 bits per heavy atom. The van der Waals surface area contributed by atoms with Gasteiger partial charge < -0.3 is 9.47 Å². The number of rotatable bonds is 2. The van der Waals surface area contributed by atoms with Crippen LogP contribution in [0.15, 0.2) is 0 Å². The van der Waals surface area contributed by atoms with Gasteiger partial charge in [0.25, 0.3) is 0 Å². The highest BCUT2D eigenvalue weighted by molar-refractivity contribution is 5.95. The third-order valence-corrected chi connectivity index (χ3v) is 2.30. The van der Waals surface area contributed by atoms with Gasteiger partial charge in [-0.25, -0.2) is 0 Å². The molecule has 4 nitrogen and oxygen atoms in total. The van der Waals surface area contributed by atoms with Crippen LogP contribution in [0.2, 0.25) is 0 Å². The molecule has 4 heteroatoms. The zero-order valence-corrected chi connectivity index (χ0v) is 6.78. The summed E-state index contributed by atoms with van der Waals surface area (Å²) in [6.45, 7) is 2.28. The monoisotopic (exact) mass is 170 g/mol. The highest BCUT2D eigenvalue weighted by atomic mass is 16.5. The van der Waals surface area contributed by atoms with Gasteiger partial charge in [-0.15, -0.1) is 0 Å². The van der Waals surface area contributed by atoms with Gasteiger partial charge in [-0.3, -0.25) is 9.59 Å². The molecule has 1 saturated heterocycles. The lowest BCUT2D eigenvalue weighted by atomic mass is 10.2. The average Bonchev–Trinajstić information content (AvgIpc) is 2.65. The van der Waals surface area contributed by atoms with Gasteiger partial charge in [0.15, 0.2) is 5.78 Å². The molecule has 1 aliphatic heterocycles. The molecule has 3 atom stereocenters. The summed E-state index contributed by atoms with van der Waals surface area (Å²) in [5, 5.41) is 0. The molecule has 1 aliphatic carbocycles. The van der Waals surface area contributed by atoms with Crippen molar-refractivity contribution in [1.82, 2.24) is 0 Å². The van der Waals surface area contributed by atoms with Crippen molar-refractivity contribution >= 4 is 11.8 Å². The minimum atomic E-state index is -0.300. The number of esters is 1. The molecule has 66 valence electrons. The van der Waals surface area contributed by atoms with Gasteiger partial charge in [-0.2, -0.15) is 0 Å². The summed E-state index contributed by atoms with van der Waals surface area (Å²) in [5.41, 5.74) is 0. The first-order chi connectivity index (χ1) is 5.75. The maximum Gasteiger partial charge on any atom is 0.312 e. The Kier molecular flexibility index (Phi) is 1.65. The summed E-state index contributed by atoms with van der Waals surface area (Å²) in [6, 6.07) is 0. The number of ether oxygens (including phenoxy) is 2. The molecule has 0 amide bonds. The van der Waals surface area contributed by atoms with Crippen molar-refractivity contribution in [3.63, 3.8) is 0 Å². The molecule has 0 aromatic heterocycles. The number of ketones is 1. The van der Waals surface area contributed by atoms with Crippen LogP contribution < -0.4 is 0 Å². The molecule has 2 rings (SSSR count). The first-order valence-electron chi connectivity index (χ1n) is 4.06. The second-order valence-electron chi connectivity index (χ2n) is 3.05. The summed E-state index contributed by atoms with van der Waals surface area (Å²) in [5.74, 6) is -0.742. The maximum absolute atomic E-state index is 11.1. The van der Waals surface area contributed by atoms with Crippen molar-refractivity contribution in [1.29, 1.82) is 0 Å². The molecule has 1 saturated carbocycles. The van der Waals surface area contributed by atoms with E-state index in [1.807, 2.05) is 0 Å². The van der Waals surface area contributed by atoms with Crippen molar-refractivity contribution in [2.45, 2.75) is 13.0 Å². The van der Waals surface area contributed by atoms with Crippen LogP contribution in [0.25, 0.3) is 0 Å². The Balaban J connectivity index is 1.94. The van der Waals surface area contributed by atoms with Crippen molar-refractivity contribution in [2.24, 2.45) is 11.8 Å². The highest BCUT2D eigenvalue weighted by Gasteiger charge is 2.64. The molecule has 2 aliphatic rings. The first kappa shape index (κ1) is 7.73. The third-order valence-electron chi connectivity index (χ3n) is 2.30. The summed E-state index contributed by atoms with van der Waals surface area (Å²) in [6.07, 6.45) is -0.170. The maximum atomic E-state index is 11.1. The number of hydrogen-bond acceptors (Lipinski definition) is 4. The Hall–Kier alpha value is -0.900. The Morgan fingerprint density at radius 2 is 2.50 bits per heavy atom. The van der Waals surface area contributed by atoms with E-state index in [4.69, 9.17) is 9.47 Å². The van der Waals surface area contributed by atoms with Crippen LogP contribution in [0.1, 0.15) is 6.92 Å². The van der Waals surface area contributed by atoms with Crippen molar-refractivity contribution < 1.29 is 19.1 Å². The van der Waals surface area contributed by atoms with Crippen LogP contribution in [0.4, 0.5) is 0 Å². The molecule has 3 unspecified atom stereocenters. The number of Topliss-reactive ketones (excluding diaryl/α,β-unsaturated/α-hetero) is 1. The van der Waals surface area contributed by atoms with Crippen molar-refractivity contribution in [2.75, 3.05) is 13.2 Å². The molecule has 0 aromatic rings. The summed E-state index contributed by atoms with van der Waals surface area (Å²) < 4.78 is 9.85. The van der Waals surface area contributed by atoms with E-state index in [2.05, 4.69) is 0 Å². The molecule has 1 heterocycles. The normalized spacial score (nSPS) is 37.8. The first-order valence-corrected chi connectivity index (χ1v) is 4.06. The van der Waals surface area contributed by atoms with Crippen molar-refractivity contribution in [3.8, 4) is 0 Å². The lowest BCUT2D eigenvalue weighted by Crippen LogP contribution is -2.16. The van der Waals surface area contributed by atoms with E-state index < -0.39 is 0 Å². The Morgan fingerprint density at radius 1 is 1.75 bits per heavy atom. The lowest BCUT2D eigenvalue weighted by Gasteiger charge is -2.02. The molecular formula is C8H10O4. The van der Waals surface area contributed by atoms with E-state index in [1.54, 1.807) is 6.92 Å². The van der Waals surface area contributed by atoms with Crippen LogP contribution >= 0.6 is 0 Å². The van der Waals surface area contributed by atoms with Gasteiger partial charge in [0, 0.05) is 0 Å². The summed E-state index contributed by atoms with van der Waals surface area (Å²) >= 11 is 0. The molecular weight excluding hydrogens is 160 g/mol. The summed E-state index contributed by atoms with van der Waals surface area (Å²) in [7, 11) is 0. The Labute approximate surface area is 69.8 Å². The summed E-state index contributed by atoms with van der Waals surface area (Å²) in [4.78, 5) is 22.1. The number of carbonyl (C=O) groups excluding carboxylic acids is 2. The second kappa shape index (κ2) is 2.55. The van der Waals surface area contributed by atoms with Gasteiger partial charge >= 0.3 is 5.97 Å². The van der Waals surface area contributed by atoms with Gasteiger partial charge in [-0.05, 0) is 6.92 Å². The quantitative estimate of drug-likeness (QED) is 0.537. The third kappa shape index (κ3) is 0.948. The predicted molar refractivity (Wildman–Crippen MR) is 38.4 cm³/mol. The fraction of sp³-hybridized carbons (Fsp3) is 0.750. The molecule has 0 bridgehead atoms. The number of fused-ring (bicyclic) bond motifs is 1. The van der Waals surface area contributed by atoms with Crippen LogP contribution in [0.3, 0.4) is 0 Å². The predicted octanol–water partition coefficient (Wildman–Crippen LogP) is -0.237. The minimum Gasteiger partial charge on any atom is -0.466 e. The smallest absolute Gasteiger partial charge is 0.312 e. The molecule has 0 aromatic carbocycles. The molecule has 12 heavy (non-hydrogen) atoms. The fourth-order valence-electron chi connectivity index (χ4n) is 1.67. The second-order valence-corrected chi connectivity index (χ2v) is 3.05. The standard InChI is InChI=1S/C8H10O4/c1-2-11-8(10)6-5-4(9)3-12-7(5)6/h5-7H,2-3H2,1H3. The zero-order valence-electron chi connectivity index (χ0n) is 6.78. The number of hydrogen-bond donors (Lipinski definition) is 0. The van der Waals surface area contributed by atoms with Gasteiger partial charge in [0.05, 0.1) is 24.5 Å². The average molecular weight is 170 g/mol. The SMILES string of the molecule is CCOC(=O)C1C2OCC(=O)C21. The van der Waals surface area contributed by atoms with Crippen molar-refractivity contribution in [3.05, 3.63) is 0 Å². The zero-order chi connectivity index (χ0) is 8.72. The van der Waals surface area contributed by atoms with Crippen LogP contribution in [-0.4, -0.2) is 31.1 Å². The molecule has 0 N–H and O–H groups in total. The topological polar surface area (TPSA) is 52.6 Å². The van der Waals surface area contributed by atoms with Gasteiger partial charge in [0.2, 0.25) is 0 Å². The molecule has 2 fully saturated rings. The largest absolute Gasteiger partial charge is 0.466 e. The van der Waals surface area contributed by atoms with E-state index in [9.17, 15) is 9.59 Å². The fourth-order valence-corrected chi connectivity index (χ4v) is 1.67. The van der Waals surface area contributed by atoms with Gasteiger partial charge in [0.1, 0.15) is 6.61 Å². The van der Waals surface area contributed by atoms with Crippen LogP contribution in [0.5, 0.6) is 0 Å². The highest BCUT2D eigenvalue weighted by Crippen LogP contribution is 2.47. The molecule has 0 spiro atoms. The van der Waals surface area contributed by atoms with Gasteiger partial charge in [-0.1, -0.05) is 0 Å². The Bertz CT molecular complexity index is 235. The van der Waals surface area contributed by atoms with E-state index in [0.717, 1.165) is 0 Å². The van der Waals surface area contributed by atoms with Crippen LogP contribution in [-0.2, 0) is 19.1 Å². The van der Waals surface area contributed by atoms with E-state index in [1.165, 1.54) is 0 Å². The lowest BCUT2D eigenvalue weighted by molar-refractivity contribution is -0.147.